The topological polar surface area (TPSA) is 110 Å². The molecule has 8 heteroatoms. The van der Waals surface area contributed by atoms with Gasteiger partial charge in [0.15, 0.2) is 11.6 Å². The van der Waals surface area contributed by atoms with Gasteiger partial charge in [0, 0.05) is 28.2 Å². The van der Waals surface area contributed by atoms with E-state index in [4.69, 9.17) is 9.47 Å². The summed E-state index contributed by atoms with van der Waals surface area (Å²) in [4.78, 5) is 56.4. The molecule has 1 saturated heterocycles. The zero-order valence-corrected chi connectivity index (χ0v) is 27.2. The maximum absolute atomic E-state index is 14.3. The number of benzene rings is 3. The molecule has 0 radical (unpaired) electrons. The summed E-state index contributed by atoms with van der Waals surface area (Å²) in [5.74, 6) is -1.64. The minimum Gasteiger partial charge on any atom is -0.508 e. The summed E-state index contributed by atoms with van der Waals surface area (Å²) in [6.45, 7) is 3.43. The number of phenols is 1. The van der Waals surface area contributed by atoms with Crippen LogP contribution in [0.5, 0.6) is 17.2 Å². The van der Waals surface area contributed by atoms with E-state index in [0.29, 0.717) is 45.9 Å². The Hall–Kier alpha value is -5.50. The van der Waals surface area contributed by atoms with Gasteiger partial charge < -0.3 is 14.6 Å². The van der Waals surface area contributed by atoms with Crippen molar-refractivity contribution in [1.29, 1.82) is 0 Å². The van der Waals surface area contributed by atoms with Gasteiger partial charge in [-0.25, -0.2) is 0 Å². The number of hydrogen-bond donors (Lipinski definition) is 1. The summed E-state index contributed by atoms with van der Waals surface area (Å²) in [7, 11) is 3.21. The molecule has 4 atom stereocenters. The third kappa shape index (κ3) is 4.99. The number of amides is 2. The summed E-state index contributed by atoms with van der Waals surface area (Å²) >= 11 is 0. The molecule has 3 aliphatic carbocycles. The second kappa shape index (κ2) is 11.9. The zero-order chi connectivity index (χ0) is 33.9. The van der Waals surface area contributed by atoms with E-state index in [9.17, 15) is 24.3 Å². The Morgan fingerprint density at radius 3 is 2.33 bits per heavy atom. The first kappa shape index (κ1) is 31.1. The lowest BCUT2D eigenvalue weighted by atomic mass is 9.59. The fraction of sp³-hybridized carbons (Fsp3) is 0.250. The van der Waals surface area contributed by atoms with E-state index in [1.54, 1.807) is 52.3 Å². The Labute approximate surface area is 278 Å². The van der Waals surface area contributed by atoms with Crippen molar-refractivity contribution in [2.75, 3.05) is 19.1 Å². The van der Waals surface area contributed by atoms with E-state index in [0.717, 1.165) is 22.3 Å². The van der Waals surface area contributed by atoms with E-state index in [-0.39, 0.29) is 35.6 Å². The van der Waals surface area contributed by atoms with Gasteiger partial charge in [0.2, 0.25) is 11.8 Å². The molecule has 242 valence electrons. The smallest absolute Gasteiger partial charge is 0.238 e. The van der Waals surface area contributed by atoms with Crippen LogP contribution in [-0.2, 0) is 19.2 Å². The summed E-state index contributed by atoms with van der Waals surface area (Å²) in [6.07, 6.45) is 7.79. The number of carbonyl (C=O) groups excluding carboxylic acids is 4. The molecule has 0 saturated carbocycles. The Morgan fingerprint density at radius 1 is 0.854 bits per heavy atom. The molecule has 48 heavy (non-hydrogen) atoms. The van der Waals surface area contributed by atoms with E-state index in [2.05, 4.69) is 0 Å². The van der Waals surface area contributed by atoms with E-state index < -0.39 is 23.7 Å². The number of nitrogens with zero attached hydrogens (tertiary/aromatic N) is 1. The van der Waals surface area contributed by atoms with Gasteiger partial charge in [-0.1, -0.05) is 48.1 Å². The lowest BCUT2D eigenvalue weighted by Gasteiger charge is -2.42. The molecule has 1 N–H and O–H groups in total. The van der Waals surface area contributed by atoms with Gasteiger partial charge in [-0.15, -0.1) is 0 Å². The first-order valence-corrected chi connectivity index (χ1v) is 16.0. The third-order valence-electron chi connectivity index (χ3n) is 10.2. The fourth-order valence-corrected chi connectivity index (χ4v) is 7.74. The summed E-state index contributed by atoms with van der Waals surface area (Å²) < 4.78 is 10.8. The van der Waals surface area contributed by atoms with Crippen molar-refractivity contribution in [2.45, 2.75) is 32.6 Å². The molecule has 0 spiro atoms. The number of ketones is 2. The van der Waals surface area contributed by atoms with Gasteiger partial charge in [-0.05, 0) is 91.8 Å². The van der Waals surface area contributed by atoms with Crippen molar-refractivity contribution in [1.82, 2.24) is 0 Å². The van der Waals surface area contributed by atoms with Crippen LogP contribution in [0.3, 0.4) is 0 Å². The van der Waals surface area contributed by atoms with Crippen molar-refractivity contribution in [3.63, 3.8) is 0 Å². The molecular formula is C40H35NO7. The first-order valence-electron chi connectivity index (χ1n) is 16.0. The van der Waals surface area contributed by atoms with Crippen LogP contribution in [0.25, 0.3) is 12.2 Å². The number of methoxy groups -OCH3 is 2. The molecular weight excluding hydrogens is 606 g/mol. The Bertz CT molecular complexity index is 2030. The van der Waals surface area contributed by atoms with Crippen molar-refractivity contribution in [3.05, 3.63) is 117 Å². The molecule has 1 fully saturated rings. The average molecular weight is 642 g/mol. The number of Topliss-reactive ketones (excluding diaryl/α,β-unsaturated/α-hetero) is 1. The second-order valence-corrected chi connectivity index (χ2v) is 12.8. The highest BCUT2D eigenvalue weighted by Crippen LogP contribution is 2.55. The van der Waals surface area contributed by atoms with Crippen LogP contribution >= 0.6 is 0 Å². The normalized spacial score (nSPS) is 23.5. The minimum absolute atomic E-state index is 0.133. The van der Waals surface area contributed by atoms with Crippen LogP contribution in [0.2, 0.25) is 0 Å². The summed E-state index contributed by atoms with van der Waals surface area (Å²) in [5, 5.41) is 10.2. The molecule has 2 amide bonds. The number of fused-ring (bicyclic) bond motifs is 3. The van der Waals surface area contributed by atoms with Crippen LogP contribution in [-0.4, -0.2) is 42.7 Å². The molecule has 1 aliphatic heterocycles. The molecule has 1 heterocycles. The zero-order valence-electron chi connectivity index (χ0n) is 27.2. The number of aromatic hydroxyl groups is 1. The number of hydrogen-bond acceptors (Lipinski definition) is 7. The van der Waals surface area contributed by atoms with Gasteiger partial charge in [0.05, 0.1) is 31.7 Å². The molecule has 7 rings (SSSR count). The largest absolute Gasteiger partial charge is 0.508 e. The maximum Gasteiger partial charge on any atom is 0.238 e. The number of imide groups is 1. The van der Waals surface area contributed by atoms with Crippen molar-refractivity contribution < 1.29 is 33.8 Å². The number of phenolic OH excluding ortho intramolecular Hbond substituents is 1. The number of anilines is 1. The Balaban J connectivity index is 1.21. The van der Waals surface area contributed by atoms with Crippen LogP contribution in [0.15, 0.2) is 95.1 Å². The van der Waals surface area contributed by atoms with Crippen molar-refractivity contribution in [3.8, 4) is 17.2 Å². The van der Waals surface area contributed by atoms with Crippen LogP contribution in [0.4, 0.5) is 5.69 Å². The Morgan fingerprint density at radius 2 is 1.62 bits per heavy atom. The molecule has 4 aliphatic rings. The first-order chi connectivity index (χ1) is 23.1. The number of allylic oxidation sites excluding steroid dienone is 6. The lowest BCUT2D eigenvalue weighted by Crippen LogP contribution is -2.39. The summed E-state index contributed by atoms with van der Waals surface area (Å²) in [6, 6.07) is 18.0. The van der Waals surface area contributed by atoms with E-state index in [1.165, 1.54) is 11.0 Å². The molecule has 0 bridgehead atoms. The molecule has 3 aromatic carbocycles. The highest BCUT2D eigenvalue weighted by molar-refractivity contribution is 6.25. The van der Waals surface area contributed by atoms with Crippen LogP contribution in [0.1, 0.15) is 47.9 Å². The van der Waals surface area contributed by atoms with E-state index in [1.807, 2.05) is 54.6 Å². The van der Waals surface area contributed by atoms with E-state index >= 15 is 0 Å². The quantitative estimate of drug-likeness (QED) is 0.141. The highest BCUT2D eigenvalue weighted by atomic mass is 16.5. The van der Waals surface area contributed by atoms with Gasteiger partial charge in [-0.3, -0.25) is 24.1 Å². The number of ether oxygens (including phenoxy) is 2. The standard InChI is InChI=1S/C40H35NO7/c1-21-17-25(9-15-32(21)42)35-28-13-14-29-36(30(28)20-31-33(43)18-22(2)38(44)37(31)35)40(46)41(39(29)45)26-10-6-23(7-11-26)5-8-24-19-27(47-3)12-16-34(24)48-4/h5-13,15-19,29-30,35-36,42H,14,20H2,1-4H3/t29-,30+,35-,36-/m0/s1. The maximum atomic E-state index is 14.3. The number of carbonyl (C=O) groups is 4. The predicted molar refractivity (Wildman–Crippen MR) is 182 cm³/mol. The number of aryl methyl sites for hydroxylation is 1. The van der Waals surface area contributed by atoms with Crippen molar-refractivity contribution >= 4 is 41.2 Å². The van der Waals surface area contributed by atoms with Gasteiger partial charge in [-0.2, -0.15) is 0 Å². The molecule has 0 unspecified atom stereocenters. The van der Waals surface area contributed by atoms with Crippen LogP contribution < -0.4 is 14.4 Å². The SMILES string of the molecule is COc1ccc(OC)c(C=Cc2ccc(N3C(=O)[C@H]4[C@H](CC=C5[C@H](c6ccc(O)c(C)c6)C6=C(C[C@H]54)C(=O)C=C(C)C6=O)C3=O)cc2)c1. The average Bonchev–Trinajstić information content (AvgIpc) is 3.35. The molecule has 0 aromatic heterocycles. The summed E-state index contributed by atoms with van der Waals surface area (Å²) in [5.41, 5.74) is 5.72. The molecule has 3 aromatic rings. The van der Waals surface area contributed by atoms with Gasteiger partial charge >= 0.3 is 0 Å². The molecule has 8 nitrogen and oxygen atoms in total. The van der Waals surface area contributed by atoms with Crippen LogP contribution in [0, 0.1) is 24.7 Å². The monoisotopic (exact) mass is 641 g/mol. The lowest BCUT2D eigenvalue weighted by molar-refractivity contribution is -0.123. The second-order valence-electron chi connectivity index (χ2n) is 12.8. The fourth-order valence-electron chi connectivity index (χ4n) is 7.74. The third-order valence-corrected chi connectivity index (χ3v) is 10.2. The predicted octanol–water partition coefficient (Wildman–Crippen LogP) is 6.52. The van der Waals surface area contributed by atoms with Gasteiger partial charge in [0.1, 0.15) is 17.2 Å². The highest BCUT2D eigenvalue weighted by Gasteiger charge is 2.56. The minimum atomic E-state index is -0.665. The Kier molecular flexibility index (Phi) is 7.74. The van der Waals surface area contributed by atoms with Gasteiger partial charge in [0.25, 0.3) is 0 Å². The number of rotatable bonds is 6. The van der Waals surface area contributed by atoms with Crippen molar-refractivity contribution in [2.24, 2.45) is 17.8 Å².